The molecule has 15 heavy (non-hydrogen) atoms. The molecule has 0 radical (unpaired) electrons. The quantitative estimate of drug-likeness (QED) is 0.644. The van der Waals surface area contributed by atoms with Gasteiger partial charge in [-0.15, -0.1) is 0 Å². The van der Waals surface area contributed by atoms with Crippen molar-refractivity contribution in [1.29, 1.82) is 0 Å². The van der Waals surface area contributed by atoms with Gasteiger partial charge in [-0.25, -0.2) is 0 Å². The third kappa shape index (κ3) is 1.37. The first-order valence-electron chi connectivity index (χ1n) is 4.88. The predicted molar refractivity (Wildman–Crippen MR) is 64.2 cm³/mol. The second-order valence-electron chi connectivity index (χ2n) is 3.73. The molecule has 2 aromatic rings. The highest BCUT2D eigenvalue weighted by atomic mass is 79.9. The third-order valence-electron chi connectivity index (χ3n) is 2.86. The minimum absolute atomic E-state index is 0.852. The summed E-state index contributed by atoms with van der Waals surface area (Å²) in [5.74, 6) is 0.852. The zero-order valence-electron chi connectivity index (χ0n) is 8.03. The molecule has 0 fully saturated rings. The molecule has 1 nitrogen and oxygen atoms in total. The fourth-order valence-corrected chi connectivity index (χ4v) is 2.35. The van der Waals surface area contributed by atoms with Gasteiger partial charge in [0, 0.05) is 0 Å². The van der Waals surface area contributed by atoms with Gasteiger partial charge in [0.05, 0.1) is 0 Å². The summed E-state index contributed by atoms with van der Waals surface area (Å²) in [6.07, 6.45) is 1.04. The lowest BCUT2D eigenvalue weighted by atomic mass is 10.1. The summed E-state index contributed by atoms with van der Waals surface area (Å²) in [5.41, 5.74) is 5.41. The van der Waals surface area contributed by atoms with Crippen LogP contribution in [0.2, 0.25) is 0 Å². The van der Waals surface area contributed by atoms with E-state index < -0.39 is 0 Å². The van der Waals surface area contributed by atoms with Gasteiger partial charge >= 0.3 is 0 Å². The van der Waals surface area contributed by atoms with E-state index in [1.165, 1.54) is 22.3 Å². The summed E-state index contributed by atoms with van der Waals surface area (Å²) in [7, 11) is 0. The Hall–Kier alpha value is -1.28. The largest absolute Gasteiger partial charge is 0.418 e. The van der Waals surface area contributed by atoms with Crippen LogP contribution in [0.4, 0.5) is 0 Å². The Morgan fingerprint density at radius 3 is 2.60 bits per heavy atom. The summed E-state index contributed by atoms with van der Waals surface area (Å²) < 4.78 is 5.07. The van der Waals surface area contributed by atoms with Gasteiger partial charge < -0.3 is 3.83 Å². The smallest absolute Gasteiger partial charge is 0.179 e. The van der Waals surface area contributed by atoms with Crippen molar-refractivity contribution in [2.45, 2.75) is 6.42 Å². The monoisotopic (exact) mass is 260 g/mol. The van der Waals surface area contributed by atoms with Crippen LogP contribution in [0.1, 0.15) is 11.1 Å². The number of hydrogen-bond donors (Lipinski definition) is 0. The highest BCUT2D eigenvalue weighted by Gasteiger charge is 2.17. The normalized spacial score (nSPS) is 12.1. The molecule has 2 heteroatoms. The number of benzene rings is 2. The second kappa shape index (κ2) is 3.38. The Morgan fingerprint density at radius 1 is 0.933 bits per heavy atom. The van der Waals surface area contributed by atoms with E-state index in [1.54, 1.807) is 0 Å². The molecule has 0 atom stereocenters. The fraction of sp³-hybridized carbons (Fsp3) is 0.0769. The predicted octanol–water partition coefficient (Wildman–Crippen LogP) is 3.95. The lowest BCUT2D eigenvalue weighted by molar-refractivity contribution is 0.678. The second-order valence-corrected chi connectivity index (χ2v) is 4.05. The van der Waals surface area contributed by atoms with Gasteiger partial charge in [0.15, 0.2) is 16.3 Å². The van der Waals surface area contributed by atoms with Crippen LogP contribution < -0.4 is 3.83 Å². The van der Waals surface area contributed by atoms with E-state index in [-0.39, 0.29) is 0 Å². The topological polar surface area (TPSA) is 9.23 Å². The summed E-state index contributed by atoms with van der Waals surface area (Å²) in [5, 5.41) is 0. The van der Waals surface area contributed by atoms with Crippen LogP contribution in [0.15, 0.2) is 42.5 Å². The molecule has 0 saturated carbocycles. The highest BCUT2D eigenvalue weighted by molar-refractivity contribution is 9.06. The maximum Gasteiger partial charge on any atom is 0.179 e. The number of rotatable bonds is 1. The van der Waals surface area contributed by atoms with Crippen molar-refractivity contribution < 1.29 is 3.83 Å². The molecule has 0 heterocycles. The summed E-state index contributed by atoms with van der Waals surface area (Å²) in [6.45, 7) is 0. The first-order valence-corrected chi connectivity index (χ1v) is 5.53. The molecule has 0 spiro atoms. The average Bonchev–Trinajstić information content (AvgIpc) is 2.66. The van der Waals surface area contributed by atoms with E-state index >= 15 is 0 Å². The molecule has 0 aliphatic heterocycles. The number of hydrogen-bond acceptors (Lipinski definition) is 1. The first kappa shape index (κ1) is 8.98. The van der Waals surface area contributed by atoms with Crippen LogP contribution in [0, 0.1) is 0 Å². The number of fused-ring (bicyclic) bond motifs is 3. The van der Waals surface area contributed by atoms with Crippen LogP contribution in [0.3, 0.4) is 0 Å². The molecule has 0 N–H and O–H groups in total. The SMILES string of the molecule is BrOc1ccc2c(c1)-c1ccccc1C2. The number of halogens is 1. The maximum absolute atomic E-state index is 5.07. The van der Waals surface area contributed by atoms with Crippen molar-refractivity contribution in [2.24, 2.45) is 0 Å². The molecule has 0 aromatic heterocycles. The molecule has 2 aromatic carbocycles. The van der Waals surface area contributed by atoms with Crippen LogP contribution in [0.5, 0.6) is 5.75 Å². The van der Waals surface area contributed by atoms with Crippen molar-refractivity contribution in [1.82, 2.24) is 0 Å². The Labute approximate surface area is 97.2 Å². The lowest BCUT2D eigenvalue weighted by Crippen LogP contribution is -1.80. The van der Waals surface area contributed by atoms with Crippen molar-refractivity contribution in [2.75, 3.05) is 0 Å². The maximum atomic E-state index is 5.07. The summed E-state index contributed by atoms with van der Waals surface area (Å²) >= 11 is 3.01. The molecular weight excluding hydrogens is 252 g/mol. The molecule has 1 aliphatic carbocycles. The van der Waals surface area contributed by atoms with Gasteiger partial charge in [0.1, 0.15) is 5.75 Å². The van der Waals surface area contributed by atoms with E-state index in [0.717, 1.165) is 12.2 Å². The van der Waals surface area contributed by atoms with Gasteiger partial charge in [0.25, 0.3) is 0 Å². The molecule has 74 valence electrons. The Bertz CT molecular complexity index is 520. The van der Waals surface area contributed by atoms with E-state index in [9.17, 15) is 0 Å². The zero-order chi connectivity index (χ0) is 10.3. The fourth-order valence-electron chi connectivity index (χ4n) is 2.15. The van der Waals surface area contributed by atoms with E-state index in [4.69, 9.17) is 3.83 Å². The van der Waals surface area contributed by atoms with E-state index in [1.807, 2.05) is 6.07 Å². The van der Waals surface area contributed by atoms with Crippen LogP contribution in [-0.2, 0) is 6.42 Å². The van der Waals surface area contributed by atoms with Crippen LogP contribution >= 0.6 is 16.3 Å². The van der Waals surface area contributed by atoms with Gasteiger partial charge in [0.2, 0.25) is 0 Å². The van der Waals surface area contributed by atoms with Crippen molar-refractivity contribution in [3.63, 3.8) is 0 Å². The Kier molecular flexibility index (Phi) is 2.03. The van der Waals surface area contributed by atoms with Crippen molar-refractivity contribution in [3.8, 4) is 16.9 Å². The molecule has 1 aliphatic rings. The van der Waals surface area contributed by atoms with E-state index in [0.29, 0.717) is 0 Å². The third-order valence-corrected chi connectivity index (χ3v) is 3.23. The van der Waals surface area contributed by atoms with Gasteiger partial charge in [-0.1, -0.05) is 30.3 Å². The summed E-state index contributed by atoms with van der Waals surface area (Å²) in [6, 6.07) is 14.7. The highest BCUT2D eigenvalue weighted by Crippen LogP contribution is 2.38. The van der Waals surface area contributed by atoms with Gasteiger partial charge in [-0.3, -0.25) is 0 Å². The Balaban J connectivity index is 2.22. The standard InChI is InChI=1S/C13H9BrO/c14-15-11-6-5-10-7-9-3-1-2-4-12(9)13(10)8-11/h1-6,8H,7H2. The lowest BCUT2D eigenvalue weighted by Gasteiger charge is -2.02. The minimum atomic E-state index is 0.852. The zero-order valence-corrected chi connectivity index (χ0v) is 9.62. The van der Waals surface area contributed by atoms with Gasteiger partial charge in [-0.05, 0) is 40.8 Å². The van der Waals surface area contributed by atoms with Crippen molar-refractivity contribution in [3.05, 3.63) is 53.6 Å². The summed E-state index contributed by atoms with van der Waals surface area (Å²) in [4.78, 5) is 0. The molecule has 0 bridgehead atoms. The van der Waals surface area contributed by atoms with Crippen LogP contribution in [0.25, 0.3) is 11.1 Å². The first-order chi connectivity index (χ1) is 7.38. The van der Waals surface area contributed by atoms with Crippen LogP contribution in [-0.4, -0.2) is 0 Å². The molecule has 3 rings (SSSR count). The van der Waals surface area contributed by atoms with E-state index in [2.05, 4.69) is 52.7 Å². The van der Waals surface area contributed by atoms with Crippen molar-refractivity contribution >= 4 is 16.3 Å². The molecular formula is C13H9BrO. The average molecular weight is 261 g/mol. The molecule has 0 unspecified atom stereocenters. The minimum Gasteiger partial charge on any atom is -0.418 e. The molecule has 0 saturated heterocycles. The molecule has 0 amide bonds. The Morgan fingerprint density at radius 2 is 1.73 bits per heavy atom. The van der Waals surface area contributed by atoms with Gasteiger partial charge in [-0.2, -0.15) is 0 Å².